The van der Waals surface area contributed by atoms with Crippen LogP contribution in [0.4, 0.5) is 13.2 Å². The fourth-order valence-corrected chi connectivity index (χ4v) is 1.56. The SMILES string of the molecule is N#Cc1cc(Cl)cc(Oc2cc(F)nc(F)c2F)c1. The molecule has 0 fully saturated rings. The molecule has 0 aliphatic rings. The Morgan fingerprint density at radius 1 is 1.16 bits per heavy atom. The second-order valence-electron chi connectivity index (χ2n) is 3.44. The van der Waals surface area contributed by atoms with Gasteiger partial charge >= 0.3 is 0 Å². The van der Waals surface area contributed by atoms with Gasteiger partial charge in [-0.1, -0.05) is 11.6 Å². The number of nitrogens with zero attached hydrogens (tertiary/aromatic N) is 2. The van der Waals surface area contributed by atoms with Crippen molar-refractivity contribution in [1.82, 2.24) is 4.98 Å². The molecule has 0 saturated heterocycles. The highest BCUT2D eigenvalue weighted by molar-refractivity contribution is 6.30. The molecular weight excluding hydrogens is 281 g/mol. The zero-order valence-electron chi connectivity index (χ0n) is 9.12. The van der Waals surface area contributed by atoms with Crippen LogP contribution in [0.3, 0.4) is 0 Å². The number of hydrogen-bond acceptors (Lipinski definition) is 3. The van der Waals surface area contributed by atoms with Crippen molar-refractivity contribution in [3.8, 4) is 17.6 Å². The Morgan fingerprint density at radius 2 is 1.89 bits per heavy atom. The van der Waals surface area contributed by atoms with Crippen molar-refractivity contribution < 1.29 is 17.9 Å². The predicted octanol–water partition coefficient (Wildman–Crippen LogP) is 3.82. The Hall–Kier alpha value is -2.26. The van der Waals surface area contributed by atoms with Crippen LogP contribution in [0.2, 0.25) is 5.02 Å². The Bertz CT molecular complexity index is 685. The molecule has 96 valence electrons. The quantitative estimate of drug-likeness (QED) is 0.788. The largest absolute Gasteiger partial charge is 0.454 e. The van der Waals surface area contributed by atoms with E-state index in [9.17, 15) is 13.2 Å². The first-order valence-corrected chi connectivity index (χ1v) is 5.27. The molecule has 0 unspecified atom stereocenters. The van der Waals surface area contributed by atoms with Gasteiger partial charge in [0, 0.05) is 11.1 Å². The highest BCUT2D eigenvalue weighted by Crippen LogP contribution is 2.28. The summed E-state index contributed by atoms with van der Waals surface area (Å²) in [6.45, 7) is 0. The fraction of sp³-hybridized carbons (Fsp3) is 0. The average Bonchev–Trinajstić information content (AvgIpc) is 2.34. The zero-order chi connectivity index (χ0) is 14.0. The summed E-state index contributed by atoms with van der Waals surface area (Å²) < 4.78 is 44.0. The lowest BCUT2D eigenvalue weighted by molar-refractivity contribution is 0.387. The number of rotatable bonds is 2. The van der Waals surface area contributed by atoms with Gasteiger partial charge in [-0.25, -0.2) is 0 Å². The van der Waals surface area contributed by atoms with E-state index >= 15 is 0 Å². The summed E-state index contributed by atoms with van der Waals surface area (Å²) in [5.74, 6) is -4.97. The van der Waals surface area contributed by atoms with Crippen molar-refractivity contribution in [1.29, 1.82) is 5.26 Å². The predicted molar refractivity (Wildman–Crippen MR) is 60.4 cm³/mol. The Morgan fingerprint density at radius 3 is 2.58 bits per heavy atom. The first kappa shape index (κ1) is 13.2. The lowest BCUT2D eigenvalue weighted by Gasteiger charge is -2.07. The molecule has 1 aromatic carbocycles. The monoisotopic (exact) mass is 284 g/mol. The van der Waals surface area contributed by atoms with E-state index in [0.717, 1.165) is 0 Å². The minimum absolute atomic E-state index is 0.0204. The highest BCUT2D eigenvalue weighted by atomic mass is 35.5. The Labute approximate surface area is 110 Å². The molecule has 0 aliphatic carbocycles. The lowest BCUT2D eigenvalue weighted by Crippen LogP contribution is -1.98. The van der Waals surface area contributed by atoms with E-state index in [2.05, 4.69) is 4.98 Å². The molecule has 0 bridgehead atoms. The number of halogens is 4. The number of ether oxygens (including phenoxy) is 1. The minimum Gasteiger partial charge on any atom is -0.454 e. The third-order valence-corrected chi connectivity index (χ3v) is 2.30. The van der Waals surface area contributed by atoms with Crippen molar-refractivity contribution in [3.05, 3.63) is 52.6 Å². The molecule has 3 nitrogen and oxygen atoms in total. The van der Waals surface area contributed by atoms with E-state index in [-0.39, 0.29) is 16.3 Å². The summed E-state index contributed by atoms with van der Waals surface area (Å²) in [5, 5.41) is 8.90. The van der Waals surface area contributed by atoms with Crippen LogP contribution >= 0.6 is 11.6 Å². The number of nitriles is 1. The van der Waals surface area contributed by atoms with E-state index < -0.39 is 23.5 Å². The van der Waals surface area contributed by atoms with Gasteiger partial charge in [0.15, 0.2) is 5.75 Å². The van der Waals surface area contributed by atoms with Crippen LogP contribution in [0.25, 0.3) is 0 Å². The molecular formula is C12H4ClF3N2O. The molecule has 0 spiro atoms. The maximum absolute atomic E-state index is 13.3. The van der Waals surface area contributed by atoms with E-state index in [4.69, 9.17) is 21.6 Å². The molecule has 0 radical (unpaired) electrons. The zero-order valence-corrected chi connectivity index (χ0v) is 9.88. The topological polar surface area (TPSA) is 45.9 Å². The van der Waals surface area contributed by atoms with Crippen molar-refractivity contribution in [2.75, 3.05) is 0 Å². The Balaban J connectivity index is 2.42. The lowest BCUT2D eigenvalue weighted by atomic mass is 10.2. The van der Waals surface area contributed by atoms with E-state index in [0.29, 0.717) is 6.07 Å². The third-order valence-electron chi connectivity index (χ3n) is 2.08. The molecule has 1 aromatic heterocycles. The maximum Gasteiger partial charge on any atom is 0.255 e. The van der Waals surface area contributed by atoms with E-state index in [1.54, 1.807) is 0 Å². The molecule has 7 heteroatoms. The Kier molecular flexibility index (Phi) is 3.58. The third kappa shape index (κ3) is 2.95. The van der Waals surface area contributed by atoms with Gasteiger partial charge in [0.2, 0.25) is 11.8 Å². The number of aromatic nitrogens is 1. The summed E-state index contributed by atoms with van der Waals surface area (Å²) in [7, 11) is 0. The van der Waals surface area contributed by atoms with Crippen LogP contribution in [-0.2, 0) is 0 Å². The summed E-state index contributed by atoms with van der Waals surface area (Å²) in [6, 6.07) is 6.29. The average molecular weight is 285 g/mol. The van der Waals surface area contributed by atoms with Crippen LogP contribution < -0.4 is 4.74 Å². The molecule has 19 heavy (non-hydrogen) atoms. The number of hydrogen-bond donors (Lipinski definition) is 0. The van der Waals surface area contributed by atoms with Gasteiger partial charge in [-0.05, 0) is 18.2 Å². The van der Waals surface area contributed by atoms with Gasteiger partial charge in [-0.2, -0.15) is 23.4 Å². The molecule has 0 amide bonds. The standard InChI is InChI=1S/C12H4ClF3N2O/c13-7-1-6(5-17)2-8(3-7)19-9-4-10(14)18-12(16)11(9)15/h1-4H. The van der Waals surface area contributed by atoms with Crippen molar-refractivity contribution in [2.45, 2.75) is 0 Å². The summed E-state index contributed by atoms with van der Waals surface area (Å²) in [4.78, 5) is 2.66. The van der Waals surface area contributed by atoms with Gasteiger partial charge in [0.1, 0.15) is 5.75 Å². The molecule has 0 atom stereocenters. The maximum atomic E-state index is 13.3. The van der Waals surface area contributed by atoms with Crippen molar-refractivity contribution >= 4 is 11.6 Å². The van der Waals surface area contributed by atoms with Gasteiger partial charge in [-0.3, -0.25) is 0 Å². The normalized spacial score (nSPS) is 10.1. The second-order valence-corrected chi connectivity index (χ2v) is 3.87. The summed E-state index contributed by atoms with van der Waals surface area (Å²) in [6.07, 6.45) is 0. The fourth-order valence-electron chi connectivity index (χ4n) is 1.34. The minimum atomic E-state index is -1.61. The van der Waals surface area contributed by atoms with Crippen molar-refractivity contribution in [2.24, 2.45) is 0 Å². The number of pyridine rings is 1. The molecule has 2 aromatic rings. The van der Waals surface area contributed by atoms with Crippen LogP contribution in [0.1, 0.15) is 5.56 Å². The second kappa shape index (κ2) is 5.16. The summed E-state index contributed by atoms with van der Waals surface area (Å²) in [5.41, 5.74) is 0.165. The molecule has 0 aliphatic heterocycles. The van der Waals surface area contributed by atoms with Crippen LogP contribution in [-0.4, -0.2) is 4.98 Å². The first-order valence-electron chi connectivity index (χ1n) is 4.89. The van der Waals surface area contributed by atoms with Gasteiger partial charge < -0.3 is 4.74 Å². The van der Waals surface area contributed by atoms with Gasteiger partial charge in [0.25, 0.3) is 5.95 Å². The van der Waals surface area contributed by atoms with Gasteiger partial charge in [-0.15, -0.1) is 0 Å². The summed E-state index contributed by atoms with van der Waals surface area (Å²) >= 11 is 5.71. The van der Waals surface area contributed by atoms with Crippen molar-refractivity contribution in [3.63, 3.8) is 0 Å². The van der Waals surface area contributed by atoms with Crippen LogP contribution in [0.5, 0.6) is 11.5 Å². The van der Waals surface area contributed by atoms with E-state index in [1.165, 1.54) is 18.2 Å². The van der Waals surface area contributed by atoms with Crippen LogP contribution in [0.15, 0.2) is 24.3 Å². The van der Waals surface area contributed by atoms with E-state index in [1.807, 2.05) is 6.07 Å². The van der Waals surface area contributed by atoms with Crippen LogP contribution in [0, 0.1) is 29.0 Å². The smallest absolute Gasteiger partial charge is 0.255 e. The molecule has 0 saturated carbocycles. The molecule has 2 rings (SSSR count). The molecule has 0 N–H and O–H groups in total. The highest BCUT2D eigenvalue weighted by Gasteiger charge is 2.15. The molecule has 1 heterocycles. The van der Waals surface area contributed by atoms with Gasteiger partial charge in [0.05, 0.1) is 11.6 Å². The number of benzene rings is 1. The first-order chi connectivity index (χ1) is 8.99.